The van der Waals surface area contributed by atoms with Crippen molar-refractivity contribution in [3.05, 3.63) is 63.6 Å². The molecule has 0 saturated carbocycles. The molecule has 0 aromatic heterocycles. The summed E-state index contributed by atoms with van der Waals surface area (Å²) < 4.78 is 6.50. The summed E-state index contributed by atoms with van der Waals surface area (Å²) in [4.78, 5) is 12.3. The van der Waals surface area contributed by atoms with Crippen LogP contribution >= 0.6 is 15.9 Å². The van der Waals surface area contributed by atoms with Gasteiger partial charge in [0.2, 0.25) is 0 Å². The van der Waals surface area contributed by atoms with Crippen LogP contribution in [0.1, 0.15) is 27.5 Å². The minimum absolute atomic E-state index is 0.0845. The van der Waals surface area contributed by atoms with Gasteiger partial charge in [0.1, 0.15) is 12.4 Å². The lowest BCUT2D eigenvalue weighted by Crippen LogP contribution is -2.29. The first-order chi connectivity index (χ1) is 9.65. The Hall–Kier alpha value is -1.81. The predicted octanol–water partition coefficient (Wildman–Crippen LogP) is 3.62. The number of rotatable bonds is 2. The number of amides is 1. The van der Waals surface area contributed by atoms with E-state index in [0.29, 0.717) is 12.2 Å². The van der Waals surface area contributed by atoms with Crippen molar-refractivity contribution in [1.82, 2.24) is 5.32 Å². The third-order valence-corrected chi connectivity index (χ3v) is 4.29. The van der Waals surface area contributed by atoms with Crippen molar-refractivity contribution < 1.29 is 9.53 Å². The Morgan fingerprint density at radius 1 is 1.30 bits per heavy atom. The predicted molar refractivity (Wildman–Crippen MR) is 81.0 cm³/mol. The molecule has 1 N–H and O–H groups in total. The van der Waals surface area contributed by atoms with Crippen LogP contribution in [0.3, 0.4) is 0 Å². The number of fused-ring (bicyclic) bond motifs is 1. The molecular weight excluding hydrogens is 318 g/mol. The molecular formula is C16H14BrNO2. The zero-order valence-electron chi connectivity index (χ0n) is 11.0. The van der Waals surface area contributed by atoms with E-state index in [1.807, 2.05) is 49.4 Å². The molecule has 3 rings (SSSR count). The van der Waals surface area contributed by atoms with Crippen molar-refractivity contribution in [2.75, 3.05) is 6.61 Å². The molecule has 1 atom stereocenters. The fraction of sp³-hybridized carbons (Fsp3) is 0.188. The van der Waals surface area contributed by atoms with Crippen LogP contribution in [-0.2, 0) is 0 Å². The Morgan fingerprint density at radius 2 is 2.10 bits per heavy atom. The van der Waals surface area contributed by atoms with Gasteiger partial charge in [0.05, 0.1) is 6.04 Å². The number of nitrogens with one attached hydrogen (secondary N) is 1. The number of hydrogen-bond acceptors (Lipinski definition) is 2. The first-order valence-corrected chi connectivity index (χ1v) is 7.23. The molecule has 1 aliphatic heterocycles. The molecule has 1 unspecified atom stereocenters. The van der Waals surface area contributed by atoms with Gasteiger partial charge in [-0.25, -0.2) is 0 Å². The second-order valence-electron chi connectivity index (χ2n) is 4.84. The highest BCUT2D eigenvalue weighted by atomic mass is 79.9. The second-order valence-corrected chi connectivity index (χ2v) is 5.69. The fourth-order valence-electron chi connectivity index (χ4n) is 2.26. The van der Waals surface area contributed by atoms with Gasteiger partial charge in [0.25, 0.3) is 5.91 Å². The number of hydrogen-bond donors (Lipinski definition) is 1. The highest BCUT2D eigenvalue weighted by Gasteiger charge is 2.25. The number of para-hydroxylation sites is 1. The second kappa shape index (κ2) is 5.29. The van der Waals surface area contributed by atoms with E-state index in [1.54, 1.807) is 0 Å². The average Bonchev–Trinajstić information content (AvgIpc) is 2.85. The molecule has 0 fully saturated rings. The van der Waals surface area contributed by atoms with E-state index in [9.17, 15) is 4.79 Å². The Kier molecular flexibility index (Phi) is 3.49. The Labute approximate surface area is 126 Å². The summed E-state index contributed by atoms with van der Waals surface area (Å²) >= 11 is 3.45. The largest absolute Gasteiger partial charge is 0.491 e. The lowest BCUT2D eigenvalue weighted by Gasteiger charge is -2.12. The zero-order valence-corrected chi connectivity index (χ0v) is 12.6. The van der Waals surface area contributed by atoms with E-state index in [1.165, 1.54) is 0 Å². The summed E-state index contributed by atoms with van der Waals surface area (Å²) in [5.74, 6) is 0.763. The Morgan fingerprint density at radius 3 is 2.90 bits per heavy atom. The Balaban J connectivity index is 1.79. The van der Waals surface area contributed by atoms with Gasteiger partial charge in [0.15, 0.2) is 0 Å². The first kappa shape index (κ1) is 13.2. The molecule has 2 aromatic rings. The minimum atomic E-state index is -0.0870. The summed E-state index contributed by atoms with van der Waals surface area (Å²) in [5.41, 5.74) is 2.79. The van der Waals surface area contributed by atoms with Gasteiger partial charge in [-0.2, -0.15) is 0 Å². The molecule has 3 nitrogen and oxygen atoms in total. The number of carbonyl (C=O) groups is 1. The zero-order chi connectivity index (χ0) is 14.1. The van der Waals surface area contributed by atoms with Crippen molar-refractivity contribution in [3.63, 3.8) is 0 Å². The van der Waals surface area contributed by atoms with Gasteiger partial charge in [-0.3, -0.25) is 4.79 Å². The standard InChI is InChI=1S/C16H14BrNO2/c1-10-6-7-11(8-13(10)17)16(19)18-14-9-20-15-5-3-2-4-12(14)15/h2-8,14H,9H2,1H3,(H,18,19). The molecule has 0 aliphatic carbocycles. The molecule has 0 spiro atoms. The van der Waals surface area contributed by atoms with E-state index in [2.05, 4.69) is 21.2 Å². The summed E-state index contributed by atoms with van der Waals surface area (Å²) in [6, 6.07) is 13.3. The average molecular weight is 332 g/mol. The van der Waals surface area contributed by atoms with Crippen LogP contribution in [0.2, 0.25) is 0 Å². The molecule has 4 heteroatoms. The SMILES string of the molecule is Cc1ccc(C(=O)NC2COc3ccccc32)cc1Br. The molecule has 0 saturated heterocycles. The highest BCUT2D eigenvalue weighted by molar-refractivity contribution is 9.10. The quantitative estimate of drug-likeness (QED) is 0.912. The third-order valence-electron chi connectivity index (χ3n) is 3.44. The summed E-state index contributed by atoms with van der Waals surface area (Å²) in [5, 5.41) is 3.01. The number of ether oxygens (including phenoxy) is 1. The van der Waals surface area contributed by atoms with E-state index < -0.39 is 0 Å². The van der Waals surface area contributed by atoms with Crippen molar-refractivity contribution >= 4 is 21.8 Å². The monoisotopic (exact) mass is 331 g/mol. The van der Waals surface area contributed by atoms with Crippen LogP contribution in [0.5, 0.6) is 5.75 Å². The van der Waals surface area contributed by atoms with Crippen LogP contribution in [-0.4, -0.2) is 12.5 Å². The Bertz CT molecular complexity index is 669. The maximum absolute atomic E-state index is 12.3. The van der Waals surface area contributed by atoms with Crippen LogP contribution < -0.4 is 10.1 Å². The number of aryl methyl sites for hydroxylation is 1. The normalized spacial score (nSPS) is 16.4. The van der Waals surface area contributed by atoms with Crippen molar-refractivity contribution in [2.45, 2.75) is 13.0 Å². The molecule has 2 aromatic carbocycles. The van der Waals surface area contributed by atoms with Crippen LogP contribution in [0.25, 0.3) is 0 Å². The molecule has 102 valence electrons. The van der Waals surface area contributed by atoms with Crippen molar-refractivity contribution in [3.8, 4) is 5.75 Å². The lowest BCUT2D eigenvalue weighted by atomic mass is 10.1. The first-order valence-electron chi connectivity index (χ1n) is 6.44. The van der Waals surface area contributed by atoms with Gasteiger partial charge in [-0.15, -0.1) is 0 Å². The summed E-state index contributed by atoms with van der Waals surface area (Å²) in [6.45, 7) is 2.48. The molecule has 1 amide bonds. The van der Waals surface area contributed by atoms with Crippen LogP contribution in [0.4, 0.5) is 0 Å². The molecule has 1 aliphatic rings. The van der Waals surface area contributed by atoms with Crippen molar-refractivity contribution in [1.29, 1.82) is 0 Å². The van der Waals surface area contributed by atoms with Crippen LogP contribution in [0.15, 0.2) is 46.9 Å². The van der Waals surface area contributed by atoms with Gasteiger partial charge in [0, 0.05) is 15.6 Å². The number of benzene rings is 2. The van der Waals surface area contributed by atoms with Gasteiger partial charge in [-0.05, 0) is 30.7 Å². The van der Waals surface area contributed by atoms with E-state index in [4.69, 9.17) is 4.74 Å². The van der Waals surface area contributed by atoms with E-state index in [-0.39, 0.29) is 11.9 Å². The highest BCUT2D eigenvalue weighted by Crippen LogP contribution is 2.31. The minimum Gasteiger partial charge on any atom is -0.491 e. The topological polar surface area (TPSA) is 38.3 Å². The maximum atomic E-state index is 12.3. The van der Waals surface area contributed by atoms with E-state index in [0.717, 1.165) is 21.3 Å². The van der Waals surface area contributed by atoms with Gasteiger partial charge >= 0.3 is 0 Å². The van der Waals surface area contributed by atoms with Gasteiger partial charge in [-0.1, -0.05) is 40.2 Å². The fourth-order valence-corrected chi connectivity index (χ4v) is 2.64. The van der Waals surface area contributed by atoms with Crippen molar-refractivity contribution in [2.24, 2.45) is 0 Å². The summed E-state index contributed by atoms with van der Waals surface area (Å²) in [6.07, 6.45) is 0. The number of carbonyl (C=O) groups excluding carboxylic acids is 1. The van der Waals surface area contributed by atoms with E-state index >= 15 is 0 Å². The molecule has 1 heterocycles. The third kappa shape index (κ3) is 2.43. The smallest absolute Gasteiger partial charge is 0.251 e. The molecule has 0 radical (unpaired) electrons. The lowest BCUT2D eigenvalue weighted by molar-refractivity contribution is 0.0930. The summed E-state index contributed by atoms with van der Waals surface area (Å²) in [7, 11) is 0. The van der Waals surface area contributed by atoms with Crippen LogP contribution in [0, 0.1) is 6.92 Å². The molecule has 20 heavy (non-hydrogen) atoms. The molecule has 0 bridgehead atoms. The number of halogens is 1. The van der Waals surface area contributed by atoms with Gasteiger partial charge < -0.3 is 10.1 Å². The maximum Gasteiger partial charge on any atom is 0.251 e.